The highest BCUT2D eigenvalue weighted by molar-refractivity contribution is 5.28. The number of aromatic nitrogens is 2. The maximum absolute atomic E-state index is 13.9. The molecule has 4 aliphatic heterocycles. The van der Waals surface area contributed by atoms with E-state index in [2.05, 4.69) is 26.3 Å². The molecule has 0 aliphatic carbocycles. The summed E-state index contributed by atoms with van der Waals surface area (Å²) in [6.07, 6.45) is 6.34. The normalized spacial score (nSPS) is 32.8. The fourth-order valence-corrected chi connectivity index (χ4v) is 5.77. The Hall–Kier alpha value is -1.79. The van der Waals surface area contributed by atoms with Gasteiger partial charge in [-0.05, 0) is 56.5 Å². The standard InChI is InChI=1S/C21H26F2N4/c1-2-25-8-5-24-19(25)13-27-12-18(15-9-16(22)11-17(23)10-15)21-20(27)14-3-6-26(21)7-4-14/h5,8-11,14,18,20-21H,2-4,6-7,12-13H2,1H3/t18-,20-,21-/m1/s1. The van der Waals surface area contributed by atoms with Gasteiger partial charge in [-0.15, -0.1) is 0 Å². The van der Waals surface area contributed by atoms with Gasteiger partial charge in [0.05, 0.1) is 6.54 Å². The molecule has 4 nitrogen and oxygen atoms in total. The molecular weight excluding hydrogens is 346 g/mol. The van der Waals surface area contributed by atoms with Crippen LogP contribution in [0.5, 0.6) is 0 Å². The van der Waals surface area contributed by atoms with Crippen LogP contribution in [0.1, 0.15) is 37.1 Å². The van der Waals surface area contributed by atoms with Crippen LogP contribution in [0, 0.1) is 17.6 Å². The quantitative estimate of drug-likeness (QED) is 0.824. The molecule has 6 rings (SSSR count). The Morgan fingerprint density at radius 2 is 1.81 bits per heavy atom. The highest BCUT2D eigenvalue weighted by Gasteiger charge is 2.53. The van der Waals surface area contributed by atoms with Crippen molar-refractivity contribution in [2.75, 3.05) is 19.6 Å². The number of hydrogen-bond donors (Lipinski definition) is 0. The van der Waals surface area contributed by atoms with E-state index in [1.54, 1.807) is 0 Å². The van der Waals surface area contributed by atoms with Gasteiger partial charge in [0.25, 0.3) is 0 Å². The molecule has 4 aliphatic rings. The van der Waals surface area contributed by atoms with Gasteiger partial charge < -0.3 is 4.57 Å². The molecule has 4 saturated heterocycles. The second-order valence-corrected chi connectivity index (χ2v) is 8.22. The van der Waals surface area contributed by atoms with E-state index in [1.165, 1.54) is 25.0 Å². The van der Waals surface area contributed by atoms with Gasteiger partial charge in [0.2, 0.25) is 0 Å². The van der Waals surface area contributed by atoms with Crippen LogP contribution in [-0.4, -0.2) is 51.1 Å². The monoisotopic (exact) mass is 372 g/mol. The lowest BCUT2D eigenvalue weighted by Crippen LogP contribution is -2.60. The molecule has 0 amide bonds. The second-order valence-electron chi connectivity index (χ2n) is 8.22. The Kier molecular flexibility index (Phi) is 4.28. The minimum absolute atomic E-state index is 0.147. The number of piperidine rings is 3. The number of fused-ring (bicyclic) bond motifs is 2. The van der Waals surface area contributed by atoms with Crippen molar-refractivity contribution >= 4 is 0 Å². The largest absolute Gasteiger partial charge is 0.334 e. The first-order valence-electron chi connectivity index (χ1n) is 10.1. The average Bonchev–Trinajstić information content (AvgIpc) is 3.28. The SMILES string of the molecule is CCn1ccnc1CN1C[C@H](c2cc(F)cc(F)c2)[C@@H]2[C@H]1C1CCN2CC1. The molecule has 3 atom stereocenters. The van der Waals surface area contributed by atoms with E-state index in [-0.39, 0.29) is 5.92 Å². The fourth-order valence-electron chi connectivity index (χ4n) is 5.77. The zero-order valence-corrected chi connectivity index (χ0v) is 15.7. The van der Waals surface area contributed by atoms with Crippen molar-refractivity contribution in [1.82, 2.24) is 19.4 Å². The molecule has 0 saturated carbocycles. The van der Waals surface area contributed by atoms with Crippen molar-refractivity contribution in [1.29, 1.82) is 0 Å². The number of rotatable bonds is 4. The first-order valence-corrected chi connectivity index (χ1v) is 10.1. The van der Waals surface area contributed by atoms with Gasteiger partial charge in [0.15, 0.2) is 0 Å². The van der Waals surface area contributed by atoms with Crippen LogP contribution in [0.25, 0.3) is 0 Å². The van der Waals surface area contributed by atoms with Crippen LogP contribution >= 0.6 is 0 Å². The lowest BCUT2D eigenvalue weighted by molar-refractivity contribution is -0.00954. The Morgan fingerprint density at radius 1 is 1.07 bits per heavy atom. The summed E-state index contributed by atoms with van der Waals surface area (Å²) >= 11 is 0. The number of likely N-dealkylation sites (tertiary alicyclic amines) is 1. The van der Waals surface area contributed by atoms with Crippen LogP contribution < -0.4 is 0 Å². The minimum Gasteiger partial charge on any atom is -0.334 e. The third-order valence-electron chi connectivity index (χ3n) is 6.89. The molecule has 1 aromatic heterocycles. The summed E-state index contributed by atoms with van der Waals surface area (Å²) in [5, 5.41) is 0. The van der Waals surface area contributed by atoms with Crippen molar-refractivity contribution < 1.29 is 8.78 Å². The molecule has 27 heavy (non-hydrogen) atoms. The van der Waals surface area contributed by atoms with Crippen LogP contribution in [0.2, 0.25) is 0 Å². The molecule has 0 N–H and O–H groups in total. The summed E-state index contributed by atoms with van der Waals surface area (Å²) in [5.74, 6) is 0.954. The first-order chi connectivity index (χ1) is 13.1. The van der Waals surface area contributed by atoms with Crippen molar-refractivity contribution in [3.05, 3.63) is 53.6 Å². The molecule has 2 aromatic rings. The van der Waals surface area contributed by atoms with E-state index in [4.69, 9.17) is 0 Å². The molecule has 4 fully saturated rings. The topological polar surface area (TPSA) is 24.3 Å². The predicted molar refractivity (Wildman–Crippen MR) is 99.3 cm³/mol. The molecule has 0 unspecified atom stereocenters. The van der Waals surface area contributed by atoms with E-state index in [0.717, 1.165) is 50.2 Å². The molecule has 144 valence electrons. The Morgan fingerprint density at radius 3 is 2.52 bits per heavy atom. The van der Waals surface area contributed by atoms with Crippen molar-refractivity contribution in [3.8, 4) is 0 Å². The molecule has 5 heterocycles. The van der Waals surface area contributed by atoms with Crippen molar-refractivity contribution in [2.24, 2.45) is 5.92 Å². The van der Waals surface area contributed by atoms with Gasteiger partial charge in [0, 0.05) is 49.6 Å². The second kappa shape index (κ2) is 6.67. The number of imidazole rings is 1. The highest BCUT2D eigenvalue weighted by Crippen LogP contribution is 2.47. The van der Waals surface area contributed by atoms with Crippen molar-refractivity contribution in [3.63, 3.8) is 0 Å². The number of nitrogens with zero attached hydrogens (tertiary/aromatic N) is 4. The summed E-state index contributed by atoms with van der Waals surface area (Å²) in [4.78, 5) is 9.65. The minimum atomic E-state index is -0.475. The van der Waals surface area contributed by atoms with Gasteiger partial charge >= 0.3 is 0 Å². The van der Waals surface area contributed by atoms with Gasteiger partial charge in [-0.1, -0.05) is 0 Å². The average molecular weight is 372 g/mol. The number of hydrogen-bond acceptors (Lipinski definition) is 3. The van der Waals surface area contributed by atoms with Gasteiger partial charge in [-0.3, -0.25) is 9.80 Å². The first kappa shape index (κ1) is 17.3. The maximum atomic E-state index is 13.9. The summed E-state index contributed by atoms with van der Waals surface area (Å²) in [7, 11) is 0. The van der Waals surface area contributed by atoms with Crippen LogP contribution in [0.3, 0.4) is 0 Å². The predicted octanol–water partition coefficient (Wildman–Crippen LogP) is 3.24. The van der Waals surface area contributed by atoms with E-state index < -0.39 is 11.6 Å². The Labute approximate surface area is 158 Å². The molecular formula is C21H26F2N4. The zero-order valence-electron chi connectivity index (χ0n) is 15.7. The molecule has 0 radical (unpaired) electrons. The number of benzene rings is 1. The van der Waals surface area contributed by atoms with Crippen molar-refractivity contribution in [2.45, 2.75) is 50.9 Å². The molecule has 0 spiro atoms. The summed E-state index contributed by atoms with van der Waals surface area (Å²) in [5.41, 5.74) is 0.802. The summed E-state index contributed by atoms with van der Waals surface area (Å²) < 4.78 is 30.0. The van der Waals surface area contributed by atoms with Crippen LogP contribution in [0.15, 0.2) is 30.6 Å². The van der Waals surface area contributed by atoms with Crippen LogP contribution in [-0.2, 0) is 13.1 Å². The lowest BCUT2D eigenvalue weighted by Gasteiger charge is -2.51. The van der Waals surface area contributed by atoms with Gasteiger partial charge in [-0.2, -0.15) is 0 Å². The number of aryl methyl sites for hydroxylation is 1. The summed E-state index contributed by atoms with van der Waals surface area (Å²) in [6.45, 7) is 6.90. The number of halogens is 2. The van der Waals surface area contributed by atoms with E-state index in [0.29, 0.717) is 18.0 Å². The van der Waals surface area contributed by atoms with Crippen LogP contribution in [0.4, 0.5) is 8.78 Å². The highest BCUT2D eigenvalue weighted by atomic mass is 19.1. The molecule has 1 aromatic carbocycles. The van der Waals surface area contributed by atoms with Gasteiger partial charge in [-0.25, -0.2) is 13.8 Å². The lowest BCUT2D eigenvalue weighted by atomic mass is 9.75. The molecule has 2 bridgehead atoms. The van der Waals surface area contributed by atoms with Gasteiger partial charge in [0.1, 0.15) is 17.5 Å². The molecule has 6 heteroatoms. The fraction of sp³-hybridized carbons (Fsp3) is 0.571. The van der Waals surface area contributed by atoms with E-state index in [9.17, 15) is 8.78 Å². The van der Waals surface area contributed by atoms with E-state index in [1.807, 2.05) is 12.4 Å². The Bertz CT molecular complexity index is 807. The Balaban J connectivity index is 1.50. The third-order valence-corrected chi connectivity index (χ3v) is 6.89. The smallest absolute Gasteiger partial charge is 0.126 e. The summed E-state index contributed by atoms with van der Waals surface area (Å²) in [6, 6.07) is 4.84. The maximum Gasteiger partial charge on any atom is 0.126 e. The third kappa shape index (κ3) is 2.90. The van der Waals surface area contributed by atoms with E-state index >= 15 is 0 Å². The zero-order chi connectivity index (χ0) is 18.5.